The van der Waals surface area contributed by atoms with Crippen LogP contribution in [-0.4, -0.2) is 16.7 Å². The molecule has 0 aliphatic carbocycles. The fourth-order valence-electron chi connectivity index (χ4n) is 4.68. The Labute approximate surface area is 176 Å². The molecule has 1 saturated heterocycles. The fraction of sp³-hybridized carbons (Fsp3) is 0.174. The third-order valence-electron chi connectivity index (χ3n) is 5.88. The van der Waals surface area contributed by atoms with Gasteiger partial charge in [-0.05, 0) is 51.0 Å². The predicted octanol–water partition coefficient (Wildman–Crippen LogP) is 5.22. The summed E-state index contributed by atoms with van der Waals surface area (Å²) >= 11 is 2.91. The number of benzene rings is 1. The first-order valence-electron chi connectivity index (χ1n) is 9.18. The second-order valence-corrected chi connectivity index (χ2v) is 8.94. The first-order valence-corrected chi connectivity index (χ1v) is 11.0. The van der Waals surface area contributed by atoms with Crippen LogP contribution in [0.4, 0.5) is 0 Å². The lowest BCUT2D eigenvalue weighted by Crippen LogP contribution is -2.37. The Hall–Kier alpha value is -3.19. The highest BCUT2D eigenvalue weighted by atomic mass is 32.1. The molecule has 1 aromatic carbocycles. The lowest BCUT2D eigenvalue weighted by molar-refractivity contribution is 0.0879. The van der Waals surface area contributed by atoms with E-state index >= 15 is 0 Å². The van der Waals surface area contributed by atoms with Crippen molar-refractivity contribution in [3.63, 3.8) is 0 Å². The maximum atomic E-state index is 13.6. The summed E-state index contributed by atoms with van der Waals surface area (Å²) in [6.07, 6.45) is 3.86. The third-order valence-corrected chi connectivity index (χ3v) is 7.46. The van der Waals surface area contributed by atoms with Crippen molar-refractivity contribution >= 4 is 34.5 Å². The monoisotopic (exact) mass is 413 g/mol. The number of nitrogens with zero attached hydrogens (tertiary/aromatic N) is 3. The van der Waals surface area contributed by atoms with Crippen molar-refractivity contribution < 1.29 is 4.79 Å². The number of fused-ring (bicyclic) bond motifs is 3. The van der Waals surface area contributed by atoms with Crippen molar-refractivity contribution in [2.45, 2.75) is 18.0 Å². The number of Topliss-reactive ketones (excluding diaryl/α,β-unsaturated/α-hetero) is 1. The third kappa shape index (κ3) is 2.43. The van der Waals surface area contributed by atoms with Crippen molar-refractivity contribution in [2.75, 3.05) is 0 Å². The molecule has 3 atom stereocenters. The Morgan fingerprint density at radius 1 is 1.07 bits per heavy atom. The molecule has 0 bridgehead atoms. The molecule has 6 heteroatoms. The van der Waals surface area contributed by atoms with Crippen LogP contribution in [0.25, 0.3) is 6.08 Å². The average molecular weight is 414 g/mol. The topological polar surface area (TPSA) is 67.9 Å². The zero-order valence-corrected chi connectivity index (χ0v) is 16.9. The standard InChI is InChI=1S/C23H15N3OS2/c24-13-23(14-25)19(16-8-11-28-12-16)20(21(27)18-6-3-10-29-18)26-9-7-15-4-1-2-5-17(15)22(23)26/h1-12,19-20,22H/t19-,20-,22-/m1/s1. The fourth-order valence-corrected chi connectivity index (χ4v) is 6.08. The molecule has 29 heavy (non-hydrogen) atoms. The van der Waals surface area contributed by atoms with Crippen molar-refractivity contribution in [2.24, 2.45) is 5.41 Å². The normalized spacial score (nSPS) is 23.7. The summed E-state index contributed by atoms with van der Waals surface area (Å²) in [5.41, 5.74) is 1.39. The molecule has 1 fully saturated rings. The highest BCUT2D eigenvalue weighted by molar-refractivity contribution is 7.12. The zero-order valence-electron chi connectivity index (χ0n) is 15.2. The lowest BCUT2D eigenvalue weighted by atomic mass is 9.68. The van der Waals surface area contributed by atoms with Crippen LogP contribution in [-0.2, 0) is 0 Å². The highest BCUT2D eigenvalue weighted by Crippen LogP contribution is 2.60. The molecule has 0 unspecified atom stereocenters. The molecular weight excluding hydrogens is 398 g/mol. The van der Waals surface area contributed by atoms with E-state index in [9.17, 15) is 15.3 Å². The summed E-state index contributed by atoms with van der Waals surface area (Å²) in [6, 6.07) is 17.0. The van der Waals surface area contributed by atoms with Crippen LogP contribution in [0.1, 0.15) is 38.3 Å². The molecule has 5 rings (SSSR count). The van der Waals surface area contributed by atoms with Gasteiger partial charge in [-0.2, -0.15) is 21.9 Å². The highest BCUT2D eigenvalue weighted by Gasteiger charge is 2.64. The van der Waals surface area contributed by atoms with E-state index in [2.05, 4.69) is 12.1 Å². The number of carbonyl (C=O) groups is 1. The lowest BCUT2D eigenvalue weighted by Gasteiger charge is -2.34. The van der Waals surface area contributed by atoms with Gasteiger partial charge in [-0.25, -0.2) is 0 Å². The van der Waals surface area contributed by atoms with Gasteiger partial charge in [0.15, 0.2) is 11.2 Å². The molecule has 2 aliphatic heterocycles. The van der Waals surface area contributed by atoms with Crippen molar-refractivity contribution in [1.82, 2.24) is 4.90 Å². The van der Waals surface area contributed by atoms with Crippen LogP contribution in [0.15, 0.2) is 64.8 Å². The van der Waals surface area contributed by atoms with E-state index < -0.39 is 23.4 Å². The van der Waals surface area contributed by atoms with Gasteiger partial charge in [0.25, 0.3) is 0 Å². The minimum Gasteiger partial charge on any atom is -0.357 e. The van der Waals surface area contributed by atoms with Gasteiger partial charge >= 0.3 is 0 Å². The molecule has 0 amide bonds. The van der Waals surface area contributed by atoms with Gasteiger partial charge < -0.3 is 4.90 Å². The molecule has 4 heterocycles. The van der Waals surface area contributed by atoms with Gasteiger partial charge in [-0.3, -0.25) is 4.79 Å². The molecule has 4 nitrogen and oxygen atoms in total. The van der Waals surface area contributed by atoms with Gasteiger partial charge in [0, 0.05) is 12.1 Å². The summed E-state index contributed by atoms with van der Waals surface area (Å²) < 4.78 is 0. The van der Waals surface area contributed by atoms with Crippen LogP contribution in [0.3, 0.4) is 0 Å². The van der Waals surface area contributed by atoms with Gasteiger partial charge in [0.1, 0.15) is 6.04 Å². The van der Waals surface area contributed by atoms with E-state index in [1.165, 1.54) is 22.7 Å². The molecule has 0 N–H and O–H groups in total. The van der Waals surface area contributed by atoms with E-state index in [4.69, 9.17) is 0 Å². The molecule has 3 aromatic rings. The number of thiophene rings is 2. The first kappa shape index (κ1) is 17.9. The predicted molar refractivity (Wildman–Crippen MR) is 113 cm³/mol. The minimum atomic E-state index is -1.38. The molecule has 2 aromatic heterocycles. The first-order chi connectivity index (χ1) is 14.2. The summed E-state index contributed by atoms with van der Waals surface area (Å²) in [5, 5.41) is 26.5. The number of hydrogen-bond acceptors (Lipinski definition) is 6. The quantitative estimate of drug-likeness (QED) is 0.552. The Kier molecular flexibility index (Phi) is 4.13. The van der Waals surface area contributed by atoms with E-state index in [1.807, 2.05) is 75.8 Å². The van der Waals surface area contributed by atoms with Crippen LogP contribution in [0.5, 0.6) is 0 Å². The summed E-state index contributed by atoms with van der Waals surface area (Å²) in [4.78, 5) is 16.2. The number of ketones is 1. The van der Waals surface area contributed by atoms with E-state index in [0.717, 1.165) is 16.7 Å². The Bertz CT molecular complexity index is 1170. The molecule has 0 radical (unpaired) electrons. The smallest absolute Gasteiger partial charge is 0.195 e. The minimum absolute atomic E-state index is 0.0439. The second-order valence-electron chi connectivity index (χ2n) is 7.21. The van der Waals surface area contributed by atoms with E-state index in [0.29, 0.717) is 4.88 Å². The number of nitriles is 2. The van der Waals surface area contributed by atoms with E-state index in [1.54, 1.807) is 0 Å². The second kappa shape index (κ2) is 6.70. The molecule has 2 aliphatic rings. The van der Waals surface area contributed by atoms with Gasteiger partial charge in [0.05, 0.1) is 23.1 Å². The number of hydrogen-bond donors (Lipinski definition) is 0. The Morgan fingerprint density at radius 3 is 2.59 bits per heavy atom. The van der Waals surface area contributed by atoms with Crippen LogP contribution in [0.2, 0.25) is 0 Å². The largest absolute Gasteiger partial charge is 0.357 e. The van der Waals surface area contributed by atoms with Gasteiger partial charge in [-0.1, -0.05) is 30.3 Å². The van der Waals surface area contributed by atoms with Crippen molar-refractivity contribution in [3.05, 3.63) is 86.4 Å². The van der Waals surface area contributed by atoms with Crippen LogP contribution >= 0.6 is 22.7 Å². The van der Waals surface area contributed by atoms with Crippen LogP contribution < -0.4 is 0 Å². The van der Waals surface area contributed by atoms with Gasteiger partial charge in [0.2, 0.25) is 0 Å². The average Bonchev–Trinajstić information content (AvgIpc) is 3.52. The van der Waals surface area contributed by atoms with Crippen LogP contribution in [0, 0.1) is 28.1 Å². The molecule has 140 valence electrons. The number of carbonyl (C=O) groups excluding carboxylic acids is 1. The summed E-state index contributed by atoms with van der Waals surface area (Å²) in [5.74, 6) is -0.586. The Morgan fingerprint density at radius 2 is 1.90 bits per heavy atom. The van der Waals surface area contributed by atoms with Crippen molar-refractivity contribution in [3.8, 4) is 12.1 Å². The SMILES string of the molecule is N#CC1(C#N)[C@H](c2ccsc2)[C@H](C(=O)c2cccs2)N2C=Cc3ccccc3[C@@H]21. The van der Waals surface area contributed by atoms with Gasteiger partial charge in [-0.15, -0.1) is 11.3 Å². The summed E-state index contributed by atoms with van der Waals surface area (Å²) in [7, 11) is 0. The Balaban J connectivity index is 1.78. The zero-order chi connectivity index (χ0) is 20.0. The van der Waals surface area contributed by atoms with Crippen molar-refractivity contribution in [1.29, 1.82) is 10.5 Å². The molecule has 0 saturated carbocycles. The summed E-state index contributed by atoms with van der Waals surface area (Å²) in [6.45, 7) is 0. The maximum Gasteiger partial charge on any atom is 0.195 e. The maximum absolute atomic E-state index is 13.6. The molecular formula is C23H15N3OS2. The number of rotatable bonds is 3. The van der Waals surface area contributed by atoms with E-state index in [-0.39, 0.29) is 5.78 Å². The molecule has 0 spiro atoms.